The smallest absolute Gasteiger partial charge is 0.237 e. The van der Waals surface area contributed by atoms with Crippen molar-refractivity contribution in [3.8, 4) is 0 Å². The molecule has 1 unspecified atom stereocenters. The summed E-state index contributed by atoms with van der Waals surface area (Å²) in [4.78, 5) is 14.4. The van der Waals surface area contributed by atoms with E-state index in [0.717, 1.165) is 44.8 Å². The van der Waals surface area contributed by atoms with E-state index in [4.69, 9.17) is 0 Å². The Balaban J connectivity index is 1.68. The van der Waals surface area contributed by atoms with Crippen molar-refractivity contribution in [2.45, 2.75) is 39.8 Å². The molecule has 0 spiro atoms. The largest absolute Gasteiger partial charge is 0.355 e. The first-order valence-electron chi connectivity index (χ1n) is 7.81. The Bertz CT molecular complexity index is 465. The van der Waals surface area contributed by atoms with Gasteiger partial charge in [0.1, 0.15) is 0 Å². The number of aromatic nitrogens is 2. The van der Waals surface area contributed by atoms with Crippen LogP contribution in [0.3, 0.4) is 0 Å². The zero-order valence-corrected chi connectivity index (χ0v) is 13.4. The van der Waals surface area contributed by atoms with Crippen LogP contribution in [-0.4, -0.2) is 59.4 Å². The van der Waals surface area contributed by atoms with Gasteiger partial charge in [0.2, 0.25) is 5.91 Å². The molecular formula is C15H27N5O. The van der Waals surface area contributed by atoms with Gasteiger partial charge in [0.05, 0.1) is 11.7 Å². The number of carbonyl (C=O) groups excluding carboxylic acids is 1. The molecule has 1 amide bonds. The molecule has 1 saturated heterocycles. The highest BCUT2D eigenvalue weighted by Crippen LogP contribution is 2.03. The molecule has 0 aromatic carbocycles. The van der Waals surface area contributed by atoms with Crippen molar-refractivity contribution in [2.75, 3.05) is 32.7 Å². The van der Waals surface area contributed by atoms with Gasteiger partial charge in [-0.25, -0.2) is 0 Å². The lowest BCUT2D eigenvalue weighted by Gasteiger charge is -2.31. The molecule has 1 fully saturated rings. The number of aryl methyl sites for hydroxylation is 3. The summed E-state index contributed by atoms with van der Waals surface area (Å²) in [7, 11) is 0. The highest BCUT2D eigenvalue weighted by molar-refractivity contribution is 5.81. The zero-order valence-electron chi connectivity index (χ0n) is 13.4. The summed E-state index contributed by atoms with van der Waals surface area (Å²) < 4.78 is 2.00. The number of carbonyl (C=O) groups is 1. The van der Waals surface area contributed by atoms with E-state index in [9.17, 15) is 4.79 Å². The first-order chi connectivity index (χ1) is 10.1. The van der Waals surface area contributed by atoms with Crippen LogP contribution in [0.2, 0.25) is 0 Å². The van der Waals surface area contributed by atoms with Gasteiger partial charge >= 0.3 is 0 Å². The van der Waals surface area contributed by atoms with Crippen molar-refractivity contribution in [2.24, 2.45) is 0 Å². The van der Waals surface area contributed by atoms with E-state index >= 15 is 0 Å². The maximum atomic E-state index is 12.1. The Morgan fingerprint density at radius 3 is 2.76 bits per heavy atom. The second kappa shape index (κ2) is 7.56. The van der Waals surface area contributed by atoms with Gasteiger partial charge < -0.3 is 10.6 Å². The zero-order chi connectivity index (χ0) is 15.2. The summed E-state index contributed by atoms with van der Waals surface area (Å²) in [6.45, 7) is 11.4. The molecular weight excluding hydrogens is 266 g/mol. The van der Waals surface area contributed by atoms with Crippen LogP contribution >= 0.6 is 0 Å². The Morgan fingerprint density at radius 2 is 2.14 bits per heavy atom. The van der Waals surface area contributed by atoms with Gasteiger partial charge in [0, 0.05) is 45.0 Å². The minimum atomic E-state index is -0.0409. The topological polar surface area (TPSA) is 62.2 Å². The van der Waals surface area contributed by atoms with Crippen molar-refractivity contribution in [3.63, 3.8) is 0 Å². The third-order valence-electron chi connectivity index (χ3n) is 4.03. The predicted octanol–water partition coefficient (Wildman–Crippen LogP) is 0.300. The monoisotopic (exact) mass is 293 g/mol. The Hall–Kier alpha value is -1.40. The van der Waals surface area contributed by atoms with Crippen molar-refractivity contribution >= 4 is 5.91 Å². The molecule has 1 aliphatic rings. The van der Waals surface area contributed by atoms with E-state index in [-0.39, 0.29) is 11.9 Å². The van der Waals surface area contributed by atoms with Crippen LogP contribution in [-0.2, 0) is 11.3 Å². The van der Waals surface area contributed by atoms with E-state index in [1.807, 2.05) is 18.5 Å². The molecule has 6 nitrogen and oxygen atoms in total. The first kappa shape index (κ1) is 16.0. The third-order valence-corrected chi connectivity index (χ3v) is 4.03. The summed E-state index contributed by atoms with van der Waals surface area (Å²) >= 11 is 0. The van der Waals surface area contributed by atoms with E-state index in [1.54, 1.807) is 0 Å². The van der Waals surface area contributed by atoms with Crippen LogP contribution in [0.5, 0.6) is 0 Å². The standard InChI is InChI=1S/C15H27N5O/c1-12-11-13(2)20(18-12)8-4-5-17-15(21)14(3)19-9-6-16-7-10-19/h11,14,16H,4-10H2,1-3H3,(H,17,21). The summed E-state index contributed by atoms with van der Waals surface area (Å²) in [5.74, 6) is 0.130. The molecule has 21 heavy (non-hydrogen) atoms. The third kappa shape index (κ3) is 4.54. The quantitative estimate of drug-likeness (QED) is 0.741. The number of nitrogens with one attached hydrogen (secondary N) is 2. The van der Waals surface area contributed by atoms with Crippen LogP contribution in [0.25, 0.3) is 0 Å². The summed E-state index contributed by atoms with van der Waals surface area (Å²) in [6.07, 6.45) is 0.905. The van der Waals surface area contributed by atoms with Gasteiger partial charge in [-0.05, 0) is 33.3 Å². The van der Waals surface area contributed by atoms with Crippen LogP contribution in [0, 0.1) is 13.8 Å². The number of piperazine rings is 1. The number of hydrogen-bond acceptors (Lipinski definition) is 4. The average Bonchev–Trinajstić information content (AvgIpc) is 2.81. The molecule has 2 rings (SSSR count). The SMILES string of the molecule is Cc1cc(C)n(CCCNC(=O)C(C)N2CCNCC2)n1. The van der Waals surface area contributed by atoms with Gasteiger partial charge in [-0.1, -0.05) is 0 Å². The lowest BCUT2D eigenvalue weighted by Crippen LogP contribution is -2.52. The fourth-order valence-corrected chi connectivity index (χ4v) is 2.72. The van der Waals surface area contributed by atoms with E-state index in [2.05, 4.69) is 33.6 Å². The summed E-state index contributed by atoms with van der Waals surface area (Å²) in [6, 6.07) is 2.03. The summed E-state index contributed by atoms with van der Waals surface area (Å²) in [5.41, 5.74) is 2.22. The lowest BCUT2D eigenvalue weighted by atomic mass is 10.2. The lowest BCUT2D eigenvalue weighted by molar-refractivity contribution is -0.126. The van der Waals surface area contributed by atoms with Gasteiger partial charge in [-0.15, -0.1) is 0 Å². The van der Waals surface area contributed by atoms with Crippen LogP contribution in [0.4, 0.5) is 0 Å². The molecule has 1 aromatic heterocycles. The van der Waals surface area contributed by atoms with Crippen molar-refractivity contribution in [1.29, 1.82) is 0 Å². The van der Waals surface area contributed by atoms with Crippen molar-refractivity contribution in [3.05, 3.63) is 17.5 Å². The second-order valence-corrected chi connectivity index (χ2v) is 5.76. The molecule has 1 atom stereocenters. The highest BCUT2D eigenvalue weighted by atomic mass is 16.2. The fraction of sp³-hybridized carbons (Fsp3) is 0.733. The molecule has 1 aliphatic heterocycles. The van der Waals surface area contributed by atoms with E-state index in [0.29, 0.717) is 6.54 Å². The predicted molar refractivity (Wildman–Crippen MR) is 83.2 cm³/mol. The molecule has 0 aliphatic carbocycles. The van der Waals surface area contributed by atoms with Gasteiger partial charge in [-0.2, -0.15) is 5.10 Å². The Morgan fingerprint density at radius 1 is 1.43 bits per heavy atom. The minimum Gasteiger partial charge on any atom is -0.355 e. The molecule has 6 heteroatoms. The molecule has 2 heterocycles. The maximum absolute atomic E-state index is 12.1. The van der Waals surface area contributed by atoms with Crippen LogP contribution < -0.4 is 10.6 Å². The number of hydrogen-bond donors (Lipinski definition) is 2. The average molecular weight is 293 g/mol. The van der Waals surface area contributed by atoms with E-state index in [1.165, 1.54) is 5.69 Å². The molecule has 0 saturated carbocycles. The van der Waals surface area contributed by atoms with Gasteiger partial charge in [-0.3, -0.25) is 14.4 Å². The maximum Gasteiger partial charge on any atom is 0.237 e. The molecule has 0 bridgehead atoms. The van der Waals surface area contributed by atoms with Crippen LogP contribution in [0.15, 0.2) is 6.07 Å². The Labute approximate surface area is 126 Å². The molecule has 0 radical (unpaired) electrons. The normalized spacial score (nSPS) is 17.7. The van der Waals surface area contributed by atoms with Gasteiger partial charge in [0.25, 0.3) is 0 Å². The first-order valence-corrected chi connectivity index (χ1v) is 7.81. The molecule has 1 aromatic rings. The number of rotatable bonds is 6. The highest BCUT2D eigenvalue weighted by Gasteiger charge is 2.21. The minimum absolute atomic E-state index is 0.0409. The number of amides is 1. The molecule has 2 N–H and O–H groups in total. The van der Waals surface area contributed by atoms with Crippen molar-refractivity contribution < 1.29 is 4.79 Å². The van der Waals surface area contributed by atoms with E-state index < -0.39 is 0 Å². The summed E-state index contributed by atoms with van der Waals surface area (Å²) in [5, 5.41) is 10.8. The van der Waals surface area contributed by atoms with Crippen LogP contribution in [0.1, 0.15) is 24.7 Å². The Kier molecular flexibility index (Phi) is 5.76. The second-order valence-electron chi connectivity index (χ2n) is 5.76. The van der Waals surface area contributed by atoms with Crippen molar-refractivity contribution in [1.82, 2.24) is 25.3 Å². The van der Waals surface area contributed by atoms with Gasteiger partial charge in [0.15, 0.2) is 0 Å². The molecule has 118 valence electrons. The fourth-order valence-electron chi connectivity index (χ4n) is 2.72. The number of nitrogens with zero attached hydrogens (tertiary/aromatic N) is 3.